The number of hydrogen-bond acceptors (Lipinski definition) is 3. The number of carbonyl (C=O) groups excluding carboxylic acids is 1. The van der Waals surface area contributed by atoms with Gasteiger partial charge in [-0.3, -0.25) is 4.79 Å². The van der Waals surface area contributed by atoms with E-state index in [0.29, 0.717) is 12.8 Å². The molecule has 2 rings (SSSR count). The van der Waals surface area contributed by atoms with Gasteiger partial charge in [-0.15, -0.1) is 11.6 Å². The summed E-state index contributed by atoms with van der Waals surface area (Å²) in [7, 11) is 1.61. The van der Waals surface area contributed by atoms with Crippen LogP contribution in [0.15, 0.2) is 18.2 Å². The third kappa shape index (κ3) is 2.60. The summed E-state index contributed by atoms with van der Waals surface area (Å²) in [5.74, 6) is 0.439. The van der Waals surface area contributed by atoms with Crippen molar-refractivity contribution in [3.05, 3.63) is 29.3 Å². The number of aliphatic hydroxyl groups excluding tert-OH is 1. The summed E-state index contributed by atoms with van der Waals surface area (Å²) in [5.41, 5.74) is 2.11. The molecule has 1 aliphatic rings. The fraction of sp³-hybridized carbons (Fsp3) is 0.462. The second-order valence-electron chi connectivity index (χ2n) is 4.38. The van der Waals surface area contributed by atoms with Gasteiger partial charge in [-0.1, -0.05) is 12.1 Å². The zero-order chi connectivity index (χ0) is 13.1. The van der Waals surface area contributed by atoms with Crippen LogP contribution < -0.4 is 10.1 Å². The number of alkyl halides is 1. The molecule has 5 heteroatoms. The quantitative estimate of drug-likeness (QED) is 0.801. The summed E-state index contributed by atoms with van der Waals surface area (Å²) in [6, 6.07) is 5.50. The average Bonchev–Trinajstić information content (AvgIpc) is 2.38. The van der Waals surface area contributed by atoms with E-state index in [0.717, 1.165) is 16.9 Å². The molecule has 0 heterocycles. The number of halogens is 1. The van der Waals surface area contributed by atoms with Crippen LogP contribution in [0.2, 0.25) is 0 Å². The number of hydrogen-bond donors (Lipinski definition) is 2. The molecule has 1 aliphatic carbocycles. The van der Waals surface area contributed by atoms with E-state index in [1.54, 1.807) is 7.11 Å². The Morgan fingerprint density at radius 2 is 2.33 bits per heavy atom. The molecule has 0 radical (unpaired) electrons. The Balaban J connectivity index is 2.20. The molecule has 0 aromatic heterocycles. The molecule has 0 spiro atoms. The lowest BCUT2D eigenvalue weighted by Crippen LogP contribution is -2.48. The van der Waals surface area contributed by atoms with Crippen LogP contribution in [0.3, 0.4) is 0 Å². The maximum Gasteiger partial charge on any atom is 0.235 e. The predicted molar refractivity (Wildman–Crippen MR) is 69.1 cm³/mol. The summed E-state index contributed by atoms with van der Waals surface area (Å²) < 4.78 is 5.28. The second kappa shape index (κ2) is 5.59. The van der Waals surface area contributed by atoms with Gasteiger partial charge in [0.05, 0.1) is 19.3 Å². The van der Waals surface area contributed by atoms with Crippen LogP contribution in [0.1, 0.15) is 11.1 Å². The van der Waals surface area contributed by atoms with Gasteiger partial charge >= 0.3 is 0 Å². The summed E-state index contributed by atoms with van der Waals surface area (Å²) in [6.45, 7) is 0. The molecule has 1 aromatic rings. The first-order valence-corrected chi connectivity index (χ1v) is 6.37. The van der Waals surface area contributed by atoms with E-state index in [-0.39, 0.29) is 17.8 Å². The highest BCUT2D eigenvalue weighted by atomic mass is 35.5. The Morgan fingerprint density at radius 3 is 3.00 bits per heavy atom. The van der Waals surface area contributed by atoms with Gasteiger partial charge in [0.2, 0.25) is 5.91 Å². The largest absolute Gasteiger partial charge is 0.496 e. The van der Waals surface area contributed by atoms with Crippen LogP contribution in [-0.2, 0) is 17.6 Å². The summed E-state index contributed by atoms with van der Waals surface area (Å²) >= 11 is 5.45. The lowest BCUT2D eigenvalue weighted by molar-refractivity contribution is -0.120. The molecule has 2 N–H and O–H groups in total. The van der Waals surface area contributed by atoms with Crippen molar-refractivity contribution in [3.8, 4) is 5.75 Å². The van der Waals surface area contributed by atoms with Gasteiger partial charge in [0.15, 0.2) is 0 Å². The Morgan fingerprint density at radius 1 is 1.56 bits per heavy atom. The average molecular weight is 270 g/mol. The Bertz CT molecular complexity index is 450. The Labute approximate surface area is 111 Å². The van der Waals surface area contributed by atoms with Crippen LogP contribution in [0.5, 0.6) is 5.75 Å². The monoisotopic (exact) mass is 269 g/mol. The predicted octanol–water partition coefficient (Wildman–Crippen LogP) is 0.878. The topological polar surface area (TPSA) is 58.6 Å². The van der Waals surface area contributed by atoms with Crippen molar-refractivity contribution in [2.24, 2.45) is 0 Å². The third-order valence-corrected chi connectivity index (χ3v) is 3.48. The smallest absolute Gasteiger partial charge is 0.235 e. The van der Waals surface area contributed by atoms with Crippen molar-refractivity contribution in [2.45, 2.75) is 25.0 Å². The first-order chi connectivity index (χ1) is 8.65. The van der Waals surface area contributed by atoms with Crippen molar-refractivity contribution in [3.63, 3.8) is 0 Å². The first-order valence-electron chi connectivity index (χ1n) is 5.84. The maximum atomic E-state index is 11.3. The molecule has 0 aliphatic heterocycles. The number of nitrogens with one attached hydrogen (secondary N) is 1. The molecule has 0 saturated heterocycles. The number of methoxy groups -OCH3 is 1. The number of ether oxygens (including phenoxy) is 1. The molecule has 0 fully saturated rings. The SMILES string of the molecule is COc1cccc2c1C[C@@H](O)[C@H](NC(=O)CCl)C2. The summed E-state index contributed by atoms with van der Waals surface area (Å²) in [4.78, 5) is 11.3. The van der Waals surface area contributed by atoms with Gasteiger partial charge < -0.3 is 15.2 Å². The second-order valence-corrected chi connectivity index (χ2v) is 4.65. The highest BCUT2D eigenvalue weighted by Gasteiger charge is 2.29. The molecule has 18 heavy (non-hydrogen) atoms. The number of carbonyl (C=O) groups is 1. The molecule has 1 amide bonds. The maximum absolute atomic E-state index is 11.3. The van der Waals surface area contributed by atoms with Gasteiger partial charge in [-0.25, -0.2) is 0 Å². The lowest BCUT2D eigenvalue weighted by Gasteiger charge is -2.31. The minimum atomic E-state index is -0.610. The van der Waals surface area contributed by atoms with Crippen molar-refractivity contribution >= 4 is 17.5 Å². The fourth-order valence-electron chi connectivity index (χ4n) is 2.34. The zero-order valence-corrected chi connectivity index (χ0v) is 10.9. The van der Waals surface area contributed by atoms with E-state index in [1.165, 1.54) is 0 Å². The summed E-state index contributed by atoms with van der Waals surface area (Å²) in [5, 5.41) is 12.8. The molecular weight excluding hydrogens is 254 g/mol. The molecule has 0 saturated carbocycles. The molecule has 1 aromatic carbocycles. The van der Waals surface area contributed by atoms with Gasteiger partial charge in [0, 0.05) is 12.0 Å². The van der Waals surface area contributed by atoms with Gasteiger partial charge in [0.25, 0.3) is 0 Å². The van der Waals surface area contributed by atoms with Crippen molar-refractivity contribution in [1.82, 2.24) is 5.32 Å². The Hall–Kier alpha value is -1.26. The van der Waals surface area contributed by atoms with E-state index in [9.17, 15) is 9.90 Å². The Kier molecular flexibility index (Phi) is 4.09. The van der Waals surface area contributed by atoms with Crippen LogP contribution in [0.4, 0.5) is 0 Å². The van der Waals surface area contributed by atoms with E-state index < -0.39 is 6.10 Å². The van der Waals surface area contributed by atoms with E-state index in [4.69, 9.17) is 16.3 Å². The molecule has 0 bridgehead atoms. The minimum Gasteiger partial charge on any atom is -0.496 e. The van der Waals surface area contributed by atoms with Crippen LogP contribution >= 0.6 is 11.6 Å². The van der Waals surface area contributed by atoms with Crippen molar-refractivity contribution < 1.29 is 14.6 Å². The molecule has 2 atom stereocenters. The minimum absolute atomic E-state index is 0.0891. The molecule has 98 valence electrons. The van der Waals surface area contributed by atoms with Crippen molar-refractivity contribution in [1.29, 1.82) is 0 Å². The van der Waals surface area contributed by atoms with E-state index >= 15 is 0 Å². The molecular formula is C13H16ClNO3. The number of benzene rings is 1. The summed E-state index contributed by atoms with van der Waals surface area (Å²) in [6.07, 6.45) is 0.462. The van der Waals surface area contributed by atoms with Crippen LogP contribution in [0, 0.1) is 0 Å². The normalized spacial score (nSPS) is 22.2. The third-order valence-electron chi connectivity index (χ3n) is 3.24. The standard InChI is InChI=1S/C13H16ClNO3/c1-18-12-4-2-3-8-5-10(15-13(17)7-14)11(16)6-9(8)12/h2-4,10-11,16H,5-7H2,1H3,(H,15,17)/t10-,11-/m1/s1. The molecule has 0 unspecified atom stereocenters. The highest BCUT2D eigenvalue weighted by molar-refractivity contribution is 6.27. The van der Waals surface area contributed by atoms with Gasteiger partial charge in [-0.05, 0) is 18.1 Å². The molecule has 4 nitrogen and oxygen atoms in total. The van der Waals surface area contributed by atoms with Gasteiger partial charge in [-0.2, -0.15) is 0 Å². The highest BCUT2D eigenvalue weighted by Crippen LogP contribution is 2.29. The lowest BCUT2D eigenvalue weighted by atomic mass is 9.85. The number of amides is 1. The van der Waals surface area contributed by atoms with Crippen LogP contribution in [0.25, 0.3) is 0 Å². The number of aliphatic hydroxyl groups is 1. The zero-order valence-electron chi connectivity index (χ0n) is 10.1. The van der Waals surface area contributed by atoms with Gasteiger partial charge in [0.1, 0.15) is 11.6 Å². The van der Waals surface area contributed by atoms with Crippen molar-refractivity contribution in [2.75, 3.05) is 13.0 Å². The first kappa shape index (κ1) is 13.2. The van der Waals surface area contributed by atoms with Crippen LogP contribution in [-0.4, -0.2) is 36.1 Å². The van der Waals surface area contributed by atoms with E-state index in [2.05, 4.69) is 5.32 Å². The fourth-order valence-corrected chi connectivity index (χ4v) is 2.42. The number of rotatable bonds is 3. The number of fused-ring (bicyclic) bond motifs is 1. The van der Waals surface area contributed by atoms with E-state index in [1.807, 2.05) is 18.2 Å².